The first-order valence-corrected chi connectivity index (χ1v) is 7.79. The normalized spacial score (nSPS) is 10.6. The number of nitrogens with zero attached hydrogens (tertiary/aromatic N) is 2. The molecular formula is C19H19N3O3. The van der Waals surface area contributed by atoms with Crippen molar-refractivity contribution in [3.8, 4) is 11.5 Å². The lowest BCUT2D eigenvalue weighted by Gasteiger charge is -2.10. The van der Waals surface area contributed by atoms with E-state index in [4.69, 9.17) is 9.47 Å². The summed E-state index contributed by atoms with van der Waals surface area (Å²) in [6, 6.07) is 10.5. The molecule has 0 radical (unpaired) electrons. The van der Waals surface area contributed by atoms with Gasteiger partial charge in [0.05, 0.1) is 36.6 Å². The molecule has 0 fully saturated rings. The predicted octanol–water partition coefficient (Wildman–Crippen LogP) is 3.52. The lowest BCUT2D eigenvalue weighted by atomic mass is 10.1. The topological polar surface area (TPSA) is 73.3 Å². The smallest absolute Gasteiger partial charge is 0.255 e. The Labute approximate surface area is 145 Å². The third-order valence-corrected chi connectivity index (χ3v) is 3.95. The maximum Gasteiger partial charge on any atom is 0.255 e. The highest BCUT2D eigenvalue weighted by Crippen LogP contribution is 2.24. The van der Waals surface area contributed by atoms with Crippen molar-refractivity contribution in [2.24, 2.45) is 0 Å². The molecule has 3 aromatic rings. The summed E-state index contributed by atoms with van der Waals surface area (Å²) in [4.78, 5) is 21.6. The highest BCUT2D eigenvalue weighted by Gasteiger charge is 2.11. The van der Waals surface area contributed by atoms with Crippen LogP contribution >= 0.6 is 0 Å². The van der Waals surface area contributed by atoms with Crippen LogP contribution in [0.15, 0.2) is 36.4 Å². The Balaban J connectivity index is 1.90. The number of nitrogens with one attached hydrogen (secondary N) is 1. The molecule has 3 rings (SSSR count). The largest absolute Gasteiger partial charge is 0.497 e. The number of rotatable bonds is 4. The molecular weight excluding hydrogens is 318 g/mol. The molecule has 0 unspecified atom stereocenters. The zero-order chi connectivity index (χ0) is 18.0. The van der Waals surface area contributed by atoms with E-state index >= 15 is 0 Å². The van der Waals surface area contributed by atoms with Crippen LogP contribution in [0.3, 0.4) is 0 Å². The van der Waals surface area contributed by atoms with E-state index in [0.717, 1.165) is 22.4 Å². The van der Waals surface area contributed by atoms with E-state index in [1.54, 1.807) is 38.5 Å². The Morgan fingerprint density at radius 2 is 1.48 bits per heavy atom. The number of ether oxygens (including phenoxy) is 2. The molecule has 0 aliphatic rings. The number of fused-ring (bicyclic) bond motifs is 1. The number of amides is 1. The fourth-order valence-electron chi connectivity index (χ4n) is 2.45. The van der Waals surface area contributed by atoms with Gasteiger partial charge in [0.25, 0.3) is 5.91 Å². The number of benzene rings is 2. The molecule has 0 aliphatic carbocycles. The minimum atomic E-state index is -0.256. The first-order valence-electron chi connectivity index (χ1n) is 7.79. The molecule has 1 N–H and O–H groups in total. The molecule has 1 amide bonds. The van der Waals surface area contributed by atoms with Gasteiger partial charge in [-0.05, 0) is 44.2 Å². The first kappa shape index (κ1) is 16.7. The van der Waals surface area contributed by atoms with Crippen LogP contribution in [0.1, 0.15) is 21.7 Å². The Kier molecular flexibility index (Phi) is 4.52. The lowest BCUT2D eigenvalue weighted by molar-refractivity contribution is 0.102. The number of aromatic nitrogens is 2. The van der Waals surface area contributed by atoms with Gasteiger partial charge < -0.3 is 14.8 Å². The summed E-state index contributed by atoms with van der Waals surface area (Å²) in [5, 5.41) is 2.87. The summed E-state index contributed by atoms with van der Waals surface area (Å²) in [7, 11) is 3.09. The van der Waals surface area contributed by atoms with Gasteiger partial charge in [0, 0.05) is 17.3 Å². The van der Waals surface area contributed by atoms with Gasteiger partial charge in [-0.2, -0.15) is 0 Å². The number of carbonyl (C=O) groups is 1. The van der Waals surface area contributed by atoms with Crippen molar-refractivity contribution < 1.29 is 14.3 Å². The Hall–Kier alpha value is -3.15. The average Bonchev–Trinajstić information content (AvgIpc) is 2.62. The fourth-order valence-corrected chi connectivity index (χ4v) is 2.45. The monoisotopic (exact) mass is 337 g/mol. The van der Waals surface area contributed by atoms with Crippen molar-refractivity contribution in [3.63, 3.8) is 0 Å². The van der Waals surface area contributed by atoms with Gasteiger partial charge in [-0.25, -0.2) is 9.97 Å². The SMILES string of the molecule is COc1cc(OC)cc(C(=O)Nc2ccc3nc(C)c(C)nc3c2)c1. The van der Waals surface area contributed by atoms with Crippen LogP contribution in [0.25, 0.3) is 11.0 Å². The van der Waals surface area contributed by atoms with E-state index < -0.39 is 0 Å². The van der Waals surface area contributed by atoms with Crippen molar-refractivity contribution in [1.82, 2.24) is 9.97 Å². The molecule has 25 heavy (non-hydrogen) atoms. The first-order chi connectivity index (χ1) is 12.0. The Morgan fingerprint density at radius 1 is 0.880 bits per heavy atom. The molecule has 0 atom stereocenters. The molecule has 0 saturated carbocycles. The molecule has 0 bridgehead atoms. The number of hydrogen-bond acceptors (Lipinski definition) is 5. The summed E-state index contributed by atoms with van der Waals surface area (Å²) in [6.45, 7) is 3.84. The van der Waals surface area contributed by atoms with Crippen molar-refractivity contribution in [1.29, 1.82) is 0 Å². The second-order valence-corrected chi connectivity index (χ2v) is 5.65. The summed E-state index contributed by atoms with van der Waals surface area (Å²) < 4.78 is 10.4. The van der Waals surface area contributed by atoms with Crippen LogP contribution in [-0.4, -0.2) is 30.1 Å². The number of carbonyl (C=O) groups excluding carboxylic acids is 1. The van der Waals surface area contributed by atoms with E-state index in [2.05, 4.69) is 15.3 Å². The van der Waals surface area contributed by atoms with Crippen LogP contribution < -0.4 is 14.8 Å². The summed E-state index contributed by atoms with van der Waals surface area (Å²) in [5.74, 6) is 0.855. The highest BCUT2D eigenvalue weighted by atomic mass is 16.5. The number of hydrogen-bond donors (Lipinski definition) is 1. The number of anilines is 1. The zero-order valence-electron chi connectivity index (χ0n) is 14.6. The van der Waals surface area contributed by atoms with Gasteiger partial charge in [0.2, 0.25) is 0 Å². The third-order valence-electron chi connectivity index (χ3n) is 3.95. The molecule has 0 aliphatic heterocycles. The second-order valence-electron chi connectivity index (χ2n) is 5.65. The molecule has 0 spiro atoms. The molecule has 128 valence electrons. The van der Waals surface area contributed by atoms with Crippen LogP contribution in [0, 0.1) is 13.8 Å². The number of aryl methyl sites for hydroxylation is 2. The van der Waals surface area contributed by atoms with Crippen LogP contribution in [0.5, 0.6) is 11.5 Å². The Bertz CT molecular complexity index is 932. The van der Waals surface area contributed by atoms with Gasteiger partial charge in [-0.15, -0.1) is 0 Å². The second kappa shape index (κ2) is 6.76. The summed E-state index contributed by atoms with van der Waals surface area (Å²) in [5.41, 5.74) is 4.40. The van der Waals surface area contributed by atoms with E-state index in [1.807, 2.05) is 26.0 Å². The van der Waals surface area contributed by atoms with E-state index in [9.17, 15) is 4.79 Å². The van der Waals surface area contributed by atoms with Crippen molar-refractivity contribution in [3.05, 3.63) is 53.3 Å². The maximum absolute atomic E-state index is 12.5. The predicted molar refractivity (Wildman–Crippen MR) is 96.5 cm³/mol. The molecule has 0 saturated heterocycles. The highest BCUT2D eigenvalue weighted by molar-refractivity contribution is 6.05. The number of methoxy groups -OCH3 is 2. The zero-order valence-corrected chi connectivity index (χ0v) is 14.6. The standard InChI is InChI=1S/C19H19N3O3/c1-11-12(2)21-18-9-14(5-6-17(18)20-11)22-19(23)13-7-15(24-3)10-16(8-13)25-4/h5-10H,1-4H3,(H,22,23). The van der Waals surface area contributed by atoms with E-state index in [1.165, 1.54) is 0 Å². The van der Waals surface area contributed by atoms with Crippen LogP contribution in [0.4, 0.5) is 5.69 Å². The fraction of sp³-hybridized carbons (Fsp3) is 0.211. The van der Waals surface area contributed by atoms with Crippen molar-refractivity contribution in [2.45, 2.75) is 13.8 Å². The van der Waals surface area contributed by atoms with Gasteiger partial charge in [-0.3, -0.25) is 4.79 Å². The lowest BCUT2D eigenvalue weighted by Crippen LogP contribution is -2.12. The van der Waals surface area contributed by atoms with E-state index in [0.29, 0.717) is 22.7 Å². The minimum Gasteiger partial charge on any atom is -0.497 e. The minimum absolute atomic E-state index is 0.256. The quantitative estimate of drug-likeness (QED) is 0.788. The molecule has 1 heterocycles. The Morgan fingerprint density at radius 3 is 2.08 bits per heavy atom. The summed E-state index contributed by atoms with van der Waals surface area (Å²) >= 11 is 0. The molecule has 1 aromatic heterocycles. The van der Waals surface area contributed by atoms with Gasteiger partial charge in [0.1, 0.15) is 11.5 Å². The van der Waals surface area contributed by atoms with Gasteiger partial charge >= 0.3 is 0 Å². The van der Waals surface area contributed by atoms with Crippen molar-refractivity contribution in [2.75, 3.05) is 19.5 Å². The van der Waals surface area contributed by atoms with Crippen LogP contribution in [0.2, 0.25) is 0 Å². The molecule has 6 nitrogen and oxygen atoms in total. The molecule has 2 aromatic carbocycles. The van der Waals surface area contributed by atoms with Gasteiger partial charge in [-0.1, -0.05) is 0 Å². The van der Waals surface area contributed by atoms with Crippen molar-refractivity contribution >= 4 is 22.6 Å². The van der Waals surface area contributed by atoms with Gasteiger partial charge in [0.15, 0.2) is 0 Å². The van der Waals surface area contributed by atoms with Crippen LogP contribution in [-0.2, 0) is 0 Å². The van der Waals surface area contributed by atoms with E-state index in [-0.39, 0.29) is 5.91 Å². The molecule has 6 heteroatoms. The summed E-state index contributed by atoms with van der Waals surface area (Å²) in [6.07, 6.45) is 0. The maximum atomic E-state index is 12.5. The average molecular weight is 337 g/mol. The third kappa shape index (κ3) is 3.52.